The van der Waals surface area contributed by atoms with Crippen LogP contribution in [-0.4, -0.2) is 65.0 Å². The van der Waals surface area contributed by atoms with Crippen molar-refractivity contribution in [3.8, 4) is 0 Å². The maximum absolute atomic E-state index is 10.7. The van der Waals surface area contributed by atoms with Crippen molar-refractivity contribution in [1.29, 1.82) is 0 Å². The molecule has 0 aromatic carbocycles. The van der Waals surface area contributed by atoms with Crippen LogP contribution in [0, 0.1) is 5.92 Å². The van der Waals surface area contributed by atoms with Gasteiger partial charge in [0.05, 0.1) is 5.57 Å². The zero-order valence-corrected chi connectivity index (χ0v) is 11.1. The number of carboxylic acid groups (broad SMARTS) is 2. The molecular formula is C8H6NaO6S. The van der Waals surface area contributed by atoms with E-state index in [1.54, 1.807) is 0 Å². The molecule has 0 aromatic rings. The molecule has 0 aliphatic heterocycles. The maximum Gasteiger partial charge on any atom is 0.337 e. The van der Waals surface area contributed by atoms with Crippen LogP contribution < -0.4 is 0 Å². The van der Waals surface area contributed by atoms with E-state index in [2.05, 4.69) is 0 Å². The van der Waals surface area contributed by atoms with Gasteiger partial charge in [-0.15, -0.1) is 0 Å². The Bertz CT molecular complexity index is 505. The second kappa shape index (κ2) is 6.00. The molecular weight excluding hydrogens is 247 g/mol. The number of carboxylic acids is 2. The molecule has 8 heteroatoms. The Labute approximate surface area is 114 Å². The Morgan fingerprint density at radius 1 is 1.25 bits per heavy atom. The number of aliphatic carboxylic acids is 2. The number of carbonyl (C=O) groups is 2. The van der Waals surface area contributed by atoms with Gasteiger partial charge in [0.15, 0.2) is 0 Å². The summed E-state index contributed by atoms with van der Waals surface area (Å²) in [4.78, 5) is 20.7. The minimum Gasteiger partial charge on any atom is -0.481 e. The molecule has 0 fully saturated rings. The van der Waals surface area contributed by atoms with E-state index in [1.807, 2.05) is 0 Å². The summed E-state index contributed by atoms with van der Waals surface area (Å²) >= 11 is 0. The summed E-state index contributed by atoms with van der Waals surface area (Å²) in [5, 5.41) is 17.4. The van der Waals surface area contributed by atoms with Crippen molar-refractivity contribution >= 4 is 56.7 Å². The summed E-state index contributed by atoms with van der Waals surface area (Å²) in [5.41, 5.74) is -0.516. The molecule has 0 saturated heterocycles. The van der Waals surface area contributed by atoms with Gasteiger partial charge in [-0.05, 0) is 6.08 Å². The van der Waals surface area contributed by atoms with Gasteiger partial charge >= 0.3 is 11.9 Å². The first-order valence-electron chi connectivity index (χ1n) is 3.76. The van der Waals surface area contributed by atoms with Crippen LogP contribution in [0.15, 0.2) is 23.8 Å². The first-order valence-corrected chi connectivity index (χ1v) is 4.83. The second-order valence-corrected chi connectivity index (χ2v) is 3.59. The van der Waals surface area contributed by atoms with Gasteiger partial charge in [-0.2, -0.15) is 8.42 Å². The quantitative estimate of drug-likeness (QED) is 0.479. The Morgan fingerprint density at radius 3 is 2.19 bits per heavy atom. The number of allylic oxidation sites excluding steroid dienone is 2. The molecule has 2 N–H and O–H groups in total. The van der Waals surface area contributed by atoms with Crippen molar-refractivity contribution in [2.24, 2.45) is 5.92 Å². The fourth-order valence-corrected chi connectivity index (χ4v) is 1.89. The summed E-state index contributed by atoms with van der Waals surface area (Å²) in [6.07, 6.45) is 3.37. The first-order chi connectivity index (χ1) is 6.95. The third-order valence-corrected chi connectivity index (χ3v) is 2.62. The van der Waals surface area contributed by atoms with Gasteiger partial charge in [-0.25, -0.2) is 4.79 Å². The molecule has 81 valence electrons. The van der Waals surface area contributed by atoms with Gasteiger partial charge in [-0.3, -0.25) is 4.79 Å². The monoisotopic (exact) mass is 253 g/mol. The van der Waals surface area contributed by atoms with Crippen LogP contribution in [0.25, 0.3) is 0 Å². The minimum absolute atomic E-state index is 0. The topological polar surface area (TPSA) is 109 Å². The van der Waals surface area contributed by atoms with Gasteiger partial charge in [0, 0.05) is 29.6 Å². The summed E-state index contributed by atoms with van der Waals surface area (Å²) in [7, 11) is -2.87. The predicted molar refractivity (Wildman–Crippen MR) is 55.7 cm³/mol. The van der Waals surface area contributed by atoms with Gasteiger partial charge < -0.3 is 10.2 Å². The molecule has 1 atom stereocenters. The van der Waals surface area contributed by atoms with E-state index in [0.717, 1.165) is 12.2 Å². The Balaban J connectivity index is 0.00000225. The molecule has 1 aliphatic rings. The van der Waals surface area contributed by atoms with Crippen LogP contribution in [0.3, 0.4) is 0 Å². The zero-order valence-electron chi connectivity index (χ0n) is 8.25. The molecule has 0 aromatic heterocycles. The predicted octanol–water partition coefficient (Wildman–Crippen LogP) is -1.06. The molecule has 6 nitrogen and oxygen atoms in total. The van der Waals surface area contributed by atoms with Gasteiger partial charge in [-0.1, -0.05) is 12.2 Å². The summed E-state index contributed by atoms with van der Waals surface area (Å²) in [6.45, 7) is 0. The third kappa shape index (κ3) is 3.05. The molecule has 0 spiro atoms. The SMILES string of the molecule is O=C(O)C1=CC=CC(C(=O)O)C1=S(=O)=O.[Na]. The fraction of sp³-hybridized carbons (Fsp3) is 0.125. The Kier molecular flexibility index (Phi) is 5.66. The van der Waals surface area contributed by atoms with E-state index in [0.29, 0.717) is 0 Å². The first kappa shape index (κ1) is 15.1. The van der Waals surface area contributed by atoms with Crippen LogP contribution in [0.4, 0.5) is 0 Å². The van der Waals surface area contributed by atoms with E-state index < -0.39 is 38.6 Å². The molecule has 0 saturated carbocycles. The van der Waals surface area contributed by atoms with E-state index in [1.165, 1.54) is 6.08 Å². The van der Waals surface area contributed by atoms with E-state index in [9.17, 15) is 18.0 Å². The van der Waals surface area contributed by atoms with Gasteiger partial charge in [0.2, 0.25) is 10.3 Å². The summed E-state index contributed by atoms with van der Waals surface area (Å²) < 4.78 is 21.5. The second-order valence-electron chi connectivity index (χ2n) is 2.69. The summed E-state index contributed by atoms with van der Waals surface area (Å²) in [6, 6.07) is 0. The van der Waals surface area contributed by atoms with E-state index in [4.69, 9.17) is 10.2 Å². The van der Waals surface area contributed by atoms with E-state index in [-0.39, 0.29) is 29.6 Å². The standard InChI is InChI=1S/C8H6O6S.Na/c9-7(10)4-2-1-3-5(8(11)12)6(4)15(13)14;/h1-4H,(H,9,10)(H,11,12);. The molecule has 1 unspecified atom stereocenters. The van der Waals surface area contributed by atoms with Crippen LogP contribution in [0.2, 0.25) is 0 Å². The zero-order chi connectivity index (χ0) is 11.6. The third-order valence-electron chi connectivity index (χ3n) is 1.79. The van der Waals surface area contributed by atoms with Crippen molar-refractivity contribution in [1.82, 2.24) is 0 Å². The molecule has 0 heterocycles. The van der Waals surface area contributed by atoms with Crippen molar-refractivity contribution in [3.05, 3.63) is 23.8 Å². The fourth-order valence-electron chi connectivity index (χ4n) is 1.16. The molecule has 16 heavy (non-hydrogen) atoms. The smallest absolute Gasteiger partial charge is 0.337 e. The Hall–Kier alpha value is -0.890. The number of hydrogen-bond donors (Lipinski definition) is 2. The van der Waals surface area contributed by atoms with Gasteiger partial charge in [0.25, 0.3) is 0 Å². The average molecular weight is 253 g/mol. The molecule has 0 amide bonds. The van der Waals surface area contributed by atoms with Crippen LogP contribution in [0.5, 0.6) is 0 Å². The van der Waals surface area contributed by atoms with Crippen molar-refractivity contribution in [2.75, 3.05) is 0 Å². The molecule has 0 bridgehead atoms. The normalized spacial score (nSPS) is 18.4. The number of rotatable bonds is 2. The minimum atomic E-state index is -2.87. The molecule has 1 aliphatic carbocycles. The Morgan fingerprint density at radius 2 is 1.81 bits per heavy atom. The van der Waals surface area contributed by atoms with Crippen molar-refractivity contribution in [3.63, 3.8) is 0 Å². The van der Waals surface area contributed by atoms with E-state index >= 15 is 0 Å². The van der Waals surface area contributed by atoms with Crippen molar-refractivity contribution in [2.45, 2.75) is 0 Å². The largest absolute Gasteiger partial charge is 0.481 e. The van der Waals surface area contributed by atoms with Crippen molar-refractivity contribution < 1.29 is 28.2 Å². The molecule has 1 rings (SSSR count). The molecule has 1 radical (unpaired) electrons. The van der Waals surface area contributed by atoms with Crippen LogP contribution >= 0.6 is 0 Å². The van der Waals surface area contributed by atoms with Crippen LogP contribution in [-0.2, 0) is 19.9 Å². The number of hydrogen-bond acceptors (Lipinski definition) is 4. The average Bonchev–Trinajstić information content (AvgIpc) is 2.16. The maximum atomic E-state index is 10.7. The van der Waals surface area contributed by atoms with Gasteiger partial charge in [0.1, 0.15) is 10.8 Å². The summed E-state index contributed by atoms with van der Waals surface area (Å²) in [5.74, 6) is -4.30. The van der Waals surface area contributed by atoms with Crippen LogP contribution in [0.1, 0.15) is 0 Å².